The molecule has 2 aromatic rings. The first-order valence-electron chi connectivity index (χ1n) is 7.45. The van der Waals surface area contributed by atoms with Gasteiger partial charge in [-0.15, -0.1) is 11.3 Å². The second kappa shape index (κ2) is 4.98. The molecule has 1 saturated carbocycles. The van der Waals surface area contributed by atoms with Gasteiger partial charge in [0.15, 0.2) is 5.13 Å². The van der Waals surface area contributed by atoms with Crippen LogP contribution in [0, 0.1) is 12.8 Å². The molecule has 1 fully saturated rings. The summed E-state index contributed by atoms with van der Waals surface area (Å²) < 4.78 is 5.69. The average molecular weight is 315 g/mol. The van der Waals surface area contributed by atoms with Crippen molar-refractivity contribution >= 4 is 28.1 Å². The van der Waals surface area contributed by atoms with Gasteiger partial charge in [-0.05, 0) is 38.0 Å². The van der Waals surface area contributed by atoms with Gasteiger partial charge in [0.25, 0.3) is 0 Å². The molecule has 4 rings (SSSR count). The van der Waals surface area contributed by atoms with Gasteiger partial charge in [0, 0.05) is 16.4 Å². The molecule has 0 radical (unpaired) electrons. The first-order chi connectivity index (χ1) is 10.6. The number of benzene rings is 1. The van der Waals surface area contributed by atoms with Crippen molar-refractivity contribution in [3.63, 3.8) is 0 Å². The van der Waals surface area contributed by atoms with E-state index in [9.17, 15) is 4.79 Å². The number of aryl methyl sites for hydroxylation is 1. The summed E-state index contributed by atoms with van der Waals surface area (Å²) in [6.45, 7) is 3.17. The van der Waals surface area contributed by atoms with Crippen LogP contribution in [0.25, 0.3) is 11.3 Å². The lowest BCUT2D eigenvalue weighted by Gasteiger charge is -2.30. The number of rotatable bonds is 2. The maximum absolute atomic E-state index is 12.5. The summed E-state index contributed by atoms with van der Waals surface area (Å²) in [5.41, 5.74) is 8.51. The molecule has 114 valence electrons. The Morgan fingerprint density at radius 1 is 1.45 bits per heavy atom. The van der Waals surface area contributed by atoms with Crippen LogP contribution in [0.3, 0.4) is 0 Å². The molecule has 0 unspecified atom stereocenters. The zero-order valence-corrected chi connectivity index (χ0v) is 13.2. The van der Waals surface area contributed by atoms with Gasteiger partial charge in [0.2, 0.25) is 5.91 Å². The number of aromatic nitrogens is 1. The van der Waals surface area contributed by atoms with E-state index in [1.54, 1.807) is 0 Å². The van der Waals surface area contributed by atoms with E-state index < -0.39 is 0 Å². The predicted molar refractivity (Wildman–Crippen MR) is 87.3 cm³/mol. The van der Waals surface area contributed by atoms with Crippen molar-refractivity contribution in [3.05, 3.63) is 23.1 Å². The highest BCUT2D eigenvalue weighted by Gasteiger charge is 2.36. The van der Waals surface area contributed by atoms with E-state index in [1.807, 2.05) is 30.0 Å². The molecule has 0 bridgehead atoms. The smallest absolute Gasteiger partial charge is 0.230 e. The summed E-state index contributed by atoms with van der Waals surface area (Å²) in [5.74, 6) is 1.19. The highest BCUT2D eigenvalue weighted by molar-refractivity contribution is 7.15. The number of hydrogen-bond acceptors (Lipinski definition) is 5. The first kappa shape index (κ1) is 13.6. The van der Waals surface area contributed by atoms with Crippen LogP contribution >= 0.6 is 11.3 Å². The zero-order chi connectivity index (χ0) is 15.3. The van der Waals surface area contributed by atoms with Crippen LogP contribution in [0.15, 0.2) is 18.2 Å². The third kappa shape index (κ3) is 2.23. The maximum Gasteiger partial charge on any atom is 0.230 e. The summed E-state index contributed by atoms with van der Waals surface area (Å²) in [6, 6.07) is 5.90. The van der Waals surface area contributed by atoms with E-state index in [2.05, 4.69) is 4.98 Å². The second-order valence-electron chi connectivity index (χ2n) is 5.75. The molecule has 2 N–H and O–H groups in total. The number of thiazole rings is 1. The van der Waals surface area contributed by atoms with E-state index in [4.69, 9.17) is 10.5 Å². The number of anilines is 2. The van der Waals surface area contributed by atoms with Crippen LogP contribution in [0.5, 0.6) is 5.75 Å². The van der Waals surface area contributed by atoms with Gasteiger partial charge in [-0.2, -0.15) is 0 Å². The quantitative estimate of drug-likeness (QED) is 0.925. The molecule has 1 aromatic carbocycles. The fraction of sp³-hybridized carbons (Fsp3) is 0.375. The summed E-state index contributed by atoms with van der Waals surface area (Å²) in [4.78, 5) is 19.8. The number of hydrogen-bond donors (Lipinski definition) is 1. The molecule has 2 heterocycles. The zero-order valence-electron chi connectivity index (χ0n) is 12.3. The van der Waals surface area contributed by atoms with Crippen LogP contribution in [0.4, 0.5) is 10.8 Å². The SMILES string of the molecule is Cc1sc(N)nc1-c1ccc2c(c1)N(C(=O)C1CC1)CCO2. The topological polar surface area (TPSA) is 68.5 Å². The Labute approximate surface area is 132 Å². The lowest BCUT2D eigenvalue weighted by molar-refractivity contribution is -0.120. The highest BCUT2D eigenvalue weighted by Crippen LogP contribution is 2.40. The number of amides is 1. The molecular formula is C16H17N3O2S. The van der Waals surface area contributed by atoms with Crippen molar-refractivity contribution in [1.29, 1.82) is 0 Å². The first-order valence-corrected chi connectivity index (χ1v) is 8.26. The van der Waals surface area contributed by atoms with Crippen LogP contribution in [0.1, 0.15) is 17.7 Å². The molecule has 22 heavy (non-hydrogen) atoms. The number of nitrogen functional groups attached to an aromatic ring is 1. The number of ether oxygens (including phenoxy) is 1. The Morgan fingerprint density at radius 2 is 2.27 bits per heavy atom. The van der Waals surface area contributed by atoms with Gasteiger partial charge in [0.1, 0.15) is 12.4 Å². The Kier molecular flexibility index (Phi) is 3.07. The lowest BCUT2D eigenvalue weighted by Crippen LogP contribution is -2.38. The second-order valence-corrected chi connectivity index (χ2v) is 6.99. The van der Waals surface area contributed by atoms with Crippen molar-refractivity contribution in [2.45, 2.75) is 19.8 Å². The molecule has 0 spiro atoms. The standard InChI is InChI=1S/C16H17N3O2S/c1-9-14(18-16(17)22-9)11-4-5-13-12(8-11)19(6-7-21-13)15(20)10-2-3-10/h4-5,8,10H,2-3,6-7H2,1H3,(H2,17,18). The molecule has 2 aliphatic rings. The van der Waals surface area contributed by atoms with Crippen molar-refractivity contribution in [2.24, 2.45) is 5.92 Å². The molecule has 1 amide bonds. The Bertz CT molecular complexity index is 752. The van der Waals surface area contributed by atoms with Gasteiger partial charge in [0.05, 0.1) is 17.9 Å². The summed E-state index contributed by atoms with van der Waals surface area (Å²) in [5, 5.41) is 0.562. The Hall–Kier alpha value is -2.08. The molecule has 1 aliphatic carbocycles. The van der Waals surface area contributed by atoms with Crippen molar-refractivity contribution in [1.82, 2.24) is 4.98 Å². The van der Waals surface area contributed by atoms with Gasteiger partial charge in [-0.3, -0.25) is 4.79 Å². The largest absolute Gasteiger partial charge is 0.490 e. The number of fused-ring (bicyclic) bond motifs is 1. The molecule has 1 aliphatic heterocycles. The van der Waals surface area contributed by atoms with E-state index >= 15 is 0 Å². The van der Waals surface area contributed by atoms with Gasteiger partial charge in [-0.25, -0.2) is 4.98 Å². The average Bonchev–Trinajstić information content (AvgIpc) is 3.30. The van der Waals surface area contributed by atoms with Crippen molar-refractivity contribution < 1.29 is 9.53 Å². The van der Waals surface area contributed by atoms with Gasteiger partial charge in [-0.1, -0.05) is 0 Å². The molecule has 0 atom stereocenters. The van der Waals surface area contributed by atoms with Crippen LogP contribution in [0.2, 0.25) is 0 Å². The minimum atomic E-state index is 0.200. The van der Waals surface area contributed by atoms with E-state index in [1.165, 1.54) is 11.3 Å². The highest BCUT2D eigenvalue weighted by atomic mass is 32.1. The third-order valence-electron chi connectivity index (χ3n) is 4.10. The van der Waals surface area contributed by atoms with Gasteiger partial charge >= 0.3 is 0 Å². The Morgan fingerprint density at radius 3 is 2.95 bits per heavy atom. The fourth-order valence-electron chi connectivity index (χ4n) is 2.83. The number of nitrogens with zero attached hydrogens (tertiary/aromatic N) is 2. The van der Waals surface area contributed by atoms with E-state index in [0.29, 0.717) is 18.3 Å². The van der Waals surface area contributed by atoms with Crippen molar-refractivity contribution in [2.75, 3.05) is 23.8 Å². The third-order valence-corrected chi connectivity index (χ3v) is 4.90. The predicted octanol–water partition coefficient (Wildman–Crippen LogP) is 2.84. The lowest BCUT2D eigenvalue weighted by atomic mass is 10.1. The molecule has 5 nitrogen and oxygen atoms in total. The minimum Gasteiger partial charge on any atom is -0.490 e. The summed E-state index contributed by atoms with van der Waals surface area (Å²) in [7, 11) is 0. The van der Waals surface area contributed by atoms with Crippen molar-refractivity contribution in [3.8, 4) is 17.0 Å². The molecular weight excluding hydrogens is 298 g/mol. The van der Waals surface area contributed by atoms with Crippen LogP contribution in [-0.4, -0.2) is 24.0 Å². The monoisotopic (exact) mass is 315 g/mol. The van der Waals surface area contributed by atoms with E-state index in [-0.39, 0.29) is 11.8 Å². The van der Waals surface area contributed by atoms with Crippen LogP contribution in [-0.2, 0) is 4.79 Å². The maximum atomic E-state index is 12.5. The fourth-order valence-corrected chi connectivity index (χ4v) is 3.54. The van der Waals surface area contributed by atoms with Crippen LogP contribution < -0.4 is 15.4 Å². The molecule has 6 heteroatoms. The minimum absolute atomic E-state index is 0.200. The summed E-state index contributed by atoms with van der Waals surface area (Å²) >= 11 is 1.48. The molecule has 1 aromatic heterocycles. The number of carbonyl (C=O) groups is 1. The summed E-state index contributed by atoms with van der Waals surface area (Å²) in [6.07, 6.45) is 2.01. The Balaban J connectivity index is 1.76. The number of carbonyl (C=O) groups excluding carboxylic acids is 1. The van der Waals surface area contributed by atoms with Gasteiger partial charge < -0.3 is 15.4 Å². The number of nitrogens with two attached hydrogens (primary N) is 1. The normalized spacial score (nSPS) is 17.0. The molecule has 0 saturated heterocycles. The van der Waals surface area contributed by atoms with E-state index in [0.717, 1.165) is 40.4 Å².